The number of rotatable bonds is 6. The van der Waals surface area contributed by atoms with Crippen molar-refractivity contribution in [2.24, 2.45) is 0 Å². The van der Waals surface area contributed by atoms with Gasteiger partial charge in [0.2, 0.25) is 0 Å². The molecule has 1 unspecified atom stereocenters. The average Bonchev–Trinajstić information content (AvgIpc) is 2.58. The number of carboxylic acid groups (broad SMARTS) is 1. The lowest BCUT2D eigenvalue weighted by molar-refractivity contribution is -0.138. The quantitative estimate of drug-likeness (QED) is 0.749. The molecule has 2 aromatic carbocycles. The largest absolute Gasteiger partial charge is 0.480 e. The standard InChI is InChI=1S/C17H15ClF3NO4S/c1-2-15(16(23)24)22(13-5-3-4-11(10-13)17(19,20)21)27(25,26)14-8-6-12(18)7-9-14/h3-10,15H,2H2,1H3,(H,23,24). The molecule has 10 heteroatoms. The van der Waals surface area contributed by atoms with Gasteiger partial charge in [-0.15, -0.1) is 0 Å². The number of carbonyl (C=O) groups is 1. The van der Waals surface area contributed by atoms with Gasteiger partial charge in [0.15, 0.2) is 0 Å². The molecule has 27 heavy (non-hydrogen) atoms. The van der Waals surface area contributed by atoms with Crippen LogP contribution in [0, 0.1) is 0 Å². The molecule has 0 bridgehead atoms. The average molecular weight is 422 g/mol. The molecule has 146 valence electrons. The van der Waals surface area contributed by atoms with E-state index in [1.54, 1.807) is 0 Å². The Bertz CT molecular complexity index is 930. The molecule has 0 radical (unpaired) electrons. The molecule has 1 N–H and O–H groups in total. The van der Waals surface area contributed by atoms with Crippen molar-refractivity contribution in [1.29, 1.82) is 0 Å². The maximum absolute atomic E-state index is 13.0. The number of hydrogen-bond donors (Lipinski definition) is 1. The van der Waals surface area contributed by atoms with Crippen LogP contribution >= 0.6 is 11.6 Å². The van der Waals surface area contributed by atoms with E-state index in [0.29, 0.717) is 10.4 Å². The fourth-order valence-electron chi connectivity index (χ4n) is 2.47. The molecule has 2 aromatic rings. The molecule has 0 amide bonds. The number of carboxylic acids is 1. The predicted molar refractivity (Wildman–Crippen MR) is 94.3 cm³/mol. The van der Waals surface area contributed by atoms with Crippen molar-refractivity contribution in [3.8, 4) is 0 Å². The van der Waals surface area contributed by atoms with Crippen LogP contribution < -0.4 is 4.31 Å². The molecule has 0 aliphatic carbocycles. The van der Waals surface area contributed by atoms with Crippen LogP contribution in [0.1, 0.15) is 18.9 Å². The summed E-state index contributed by atoms with van der Waals surface area (Å²) in [4.78, 5) is 11.3. The fraction of sp³-hybridized carbons (Fsp3) is 0.235. The monoisotopic (exact) mass is 421 g/mol. The molecular formula is C17H15ClF3NO4S. The minimum absolute atomic E-state index is 0.154. The second kappa shape index (κ2) is 7.77. The van der Waals surface area contributed by atoms with Crippen LogP contribution in [-0.4, -0.2) is 25.5 Å². The van der Waals surface area contributed by atoms with E-state index >= 15 is 0 Å². The molecule has 0 saturated carbocycles. The van der Waals surface area contributed by atoms with E-state index in [9.17, 15) is 31.5 Å². The molecule has 0 heterocycles. The Morgan fingerprint density at radius 1 is 1.19 bits per heavy atom. The van der Waals surface area contributed by atoms with Gasteiger partial charge in [-0.1, -0.05) is 24.6 Å². The van der Waals surface area contributed by atoms with Crippen LogP contribution in [0.3, 0.4) is 0 Å². The van der Waals surface area contributed by atoms with Crippen LogP contribution in [0.15, 0.2) is 53.4 Å². The van der Waals surface area contributed by atoms with Crippen LogP contribution in [0.5, 0.6) is 0 Å². The molecule has 0 saturated heterocycles. The molecule has 5 nitrogen and oxygen atoms in total. The lowest BCUT2D eigenvalue weighted by Gasteiger charge is -2.30. The highest BCUT2D eigenvalue weighted by molar-refractivity contribution is 7.93. The number of aliphatic carboxylic acids is 1. The highest BCUT2D eigenvalue weighted by atomic mass is 35.5. The van der Waals surface area contributed by atoms with Gasteiger partial charge in [0.05, 0.1) is 16.1 Å². The van der Waals surface area contributed by atoms with Gasteiger partial charge in [-0.3, -0.25) is 4.31 Å². The van der Waals surface area contributed by atoms with Crippen LogP contribution in [-0.2, 0) is 21.0 Å². The highest BCUT2D eigenvalue weighted by Gasteiger charge is 2.37. The maximum Gasteiger partial charge on any atom is 0.416 e. The number of anilines is 1. The van der Waals surface area contributed by atoms with E-state index in [4.69, 9.17) is 11.6 Å². The number of sulfonamides is 1. The summed E-state index contributed by atoms with van der Waals surface area (Å²) in [6, 6.07) is 6.85. The number of benzene rings is 2. The third kappa shape index (κ3) is 4.54. The van der Waals surface area contributed by atoms with Gasteiger partial charge >= 0.3 is 12.1 Å². The van der Waals surface area contributed by atoms with Crippen molar-refractivity contribution in [1.82, 2.24) is 0 Å². The van der Waals surface area contributed by atoms with Crippen LogP contribution in [0.2, 0.25) is 5.02 Å². The number of hydrogen-bond acceptors (Lipinski definition) is 3. The predicted octanol–water partition coefficient (Wildman–Crippen LogP) is 4.42. The normalized spacial score (nSPS) is 13.2. The summed E-state index contributed by atoms with van der Waals surface area (Å²) in [5, 5.41) is 9.69. The molecular weight excluding hydrogens is 407 g/mol. The minimum atomic E-state index is -4.71. The topological polar surface area (TPSA) is 74.7 Å². The molecule has 1 atom stereocenters. The summed E-state index contributed by atoms with van der Waals surface area (Å²) in [5.74, 6) is -1.48. The molecule has 2 rings (SSSR count). The zero-order valence-corrected chi connectivity index (χ0v) is 15.5. The summed E-state index contributed by atoms with van der Waals surface area (Å²) in [5.41, 5.74) is -1.48. The van der Waals surface area contributed by atoms with Crippen LogP contribution in [0.4, 0.5) is 18.9 Å². The molecule has 0 aliphatic heterocycles. The Kier molecular flexibility index (Phi) is 6.06. The lowest BCUT2D eigenvalue weighted by atomic mass is 10.1. The first-order valence-electron chi connectivity index (χ1n) is 7.68. The van der Waals surface area contributed by atoms with Crippen molar-refractivity contribution in [2.75, 3.05) is 4.31 Å². The van der Waals surface area contributed by atoms with Crippen LogP contribution in [0.25, 0.3) is 0 Å². The number of alkyl halides is 3. The molecule has 0 aliphatic rings. The smallest absolute Gasteiger partial charge is 0.416 e. The Morgan fingerprint density at radius 3 is 2.26 bits per heavy atom. The SMILES string of the molecule is CCC(C(=O)O)N(c1cccc(C(F)(F)F)c1)S(=O)(=O)c1ccc(Cl)cc1. The Balaban J connectivity index is 2.69. The Morgan fingerprint density at radius 2 is 1.78 bits per heavy atom. The minimum Gasteiger partial charge on any atom is -0.480 e. The van der Waals surface area contributed by atoms with Crippen molar-refractivity contribution in [2.45, 2.75) is 30.5 Å². The van der Waals surface area contributed by atoms with Gasteiger partial charge < -0.3 is 5.11 Å². The second-order valence-electron chi connectivity index (χ2n) is 5.57. The van der Waals surface area contributed by atoms with Crippen molar-refractivity contribution >= 4 is 33.3 Å². The third-order valence-corrected chi connectivity index (χ3v) is 5.86. The summed E-state index contributed by atoms with van der Waals surface area (Å²) in [6.45, 7) is 1.43. The zero-order chi connectivity index (χ0) is 20.4. The van der Waals surface area contributed by atoms with E-state index in [1.165, 1.54) is 19.1 Å². The van der Waals surface area contributed by atoms with Gasteiger partial charge in [-0.05, 0) is 48.9 Å². The zero-order valence-electron chi connectivity index (χ0n) is 13.9. The maximum atomic E-state index is 13.0. The molecule has 0 fully saturated rings. The first kappa shape index (κ1) is 21.0. The van der Waals surface area contributed by atoms with E-state index in [1.807, 2.05) is 0 Å². The van der Waals surface area contributed by atoms with Gasteiger partial charge in [0, 0.05) is 5.02 Å². The Hall–Kier alpha value is -2.26. The van der Waals surface area contributed by atoms with Crippen molar-refractivity contribution in [3.05, 3.63) is 59.1 Å². The van der Waals surface area contributed by atoms with E-state index in [2.05, 4.69) is 0 Å². The third-order valence-electron chi connectivity index (χ3n) is 3.75. The molecule has 0 spiro atoms. The second-order valence-corrected chi connectivity index (χ2v) is 7.82. The van der Waals surface area contributed by atoms with Gasteiger partial charge in [-0.2, -0.15) is 13.2 Å². The first-order valence-corrected chi connectivity index (χ1v) is 9.50. The Labute approximate surface area is 159 Å². The molecule has 0 aromatic heterocycles. The summed E-state index contributed by atoms with van der Waals surface area (Å²) < 4.78 is 65.7. The number of halogens is 4. The fourth-order valence-corrected chi connectivity index (χ4v) is 4.26. The van der Waals surface area contributed by atoms with Gasteiger partial charge in [0.25, 0.3) is 10.0 Å². The van der Waals surface area contributed by atoms with E-state index < -0.39 is 39.5 Å². The highest BCUT2D eigenvalue weighted by Crippen LogP contribution is 2.34. The van der Waals surface area contributed by atoms with Crippen molar-refractivity contribution in [3.63, 3.8) is 0 Å². The van der Waals surface area contributed by atoms with E-state index in [0.717, 1.165) is 30.3 Å². The first-order chi connectivity index (χ1) is 12.5. The van der Waals surface area contributed by atoms with Gasteiger partial charge in [-0.25, -0.2) is 13.2 Å². The lowest BCUT2D eigenvalue weighted by Crippen LogP contribution is -2.45. The summed E-state index contributed by atoms with van der Waals surface area (Å²) in [7, 11) is -4.46. The van der Waals surface area contributed by atoms with Crippen molar-refractivity contribution < 1.29 is 31.5 Å². The summed E-state index contributed by atoms with van der Waals surface area (Å²) >= 11 is 5.74. The van der Waals surface area contributed by atoms with E-state index in [-0.39, 0.29) is 16.3 Å². The summed E-state index contributed by atoms with van der Waals surface area (Å²) in [6.07, 6.45) is -4.87. The van der Waals surface area contributed by atoms with Gasteiger partial charge in [0.1, 0.15) is 6.04 Å². The number of nitrogens with zero attached hydrogens (tertiary/aromatic N) is 1.